The molecule has 11 heterocycles. The number of para-hydroxylation sites is 4. The number of thiophene rings is 3. The van der Waals surface area contributed by atoms with Crippen LogP contribution in [0, 0.1) is 47.6 Å². The molecule has 18 aromatic rings. The van der Waals surface area contributed by atoms with E-state index in [4.69, 9.17) is 29.9 Å². The van der Waals surface area contributed by atoms with Crippen LogP contribution in [0.3, 0.4) is 0 Å². The summed E-state index contributed by atoms with van der Waals surface area (Å²) in [7, 11) is -13.2. The van der Waals surface area contributed by atoms with Crippen LogP contribution in [-0.2, 0) is 30.1 Å². The van der Waals surface area contributed by atoms with E-state index in [-0.39, 0.29) is 54.1 Å². The average molecular weight is 2010 g/mol. The number of fused-ring (bicyclic) bond motifs is 4. The number of hydrogen-bond acceptors (Lipinski definition) is 21. The van der Waals surface area contributed by atoms with E-state index in [1.807, 2.05) is 73.6 Å². The minimum atomic E-state index is -3.98. The fraction of sp³-hybridized carbons (Fsp3) is 0.0465. The first kappa shape index (κ1) is 89.6. The second-order valence-corrected chi connectivity index (χ2v) is 37.7. The summed E-state index contributed by atoms with van der Waals surface area (Å²) in [4.78, 5) is 21.0. The lowest BCUT2D eigenvalue weighted by Gasteiger charge is -2.08. The van der Waals surface area contributed by atoms with Gasteiger partial charge in [0.15, 0.2) is 63.2 Å². The first-order chi connectivity index (χ1) is 58.7. The van der Waals surface area contributed by atoms with Gasteiger partial charge in [0, 0.05) is 134 Å². The second kappa shape index (κ2) is 38.3. The van der Waals surface area contributed by atoms with E-state index in [0.717, 1.165) is 95.1 Å². The van der Waals surface area contributed by atoms with Crippen molar-refractivity contribution in [3.05, 3.63) is 322 Å². The Labute approximate surface area is 744 Å². The summed E-state index contributed by atoms with van der Waals surface area (Å²) in [6.07, 6.45) is 12.7. The SMILES string of the molecule is COc1c(F)cccc1-c1c[nH]c2ncc(-c3ccsc3)cc12.Cc1ccc(S(=O)(=O)n2cc(-c3cccc(F)c3O)c3cc(-c4ccsc4)cnc32)cc1.Cc1ccc(S(=O)(=O)n2cc(-c3cccc(F)c3O)c3cc(Br)cnc32)cc1.Cc1ccc(S(=O)(=O)n2cc(I)c3cc(Br)cnc32)cc1.OB(O)c1cccc(F)c1O.OB(O)c1ccsc1. The zero-order valence-corrected chi connectivity index (χ0v) is 74.6. The largest absolute Gasteiger partial charge is 0.505 e. The molecule has 0 aliphatic heterocycles. The highest BCUT2D eigenvalue weighted by Crippen LogP contribution is 2.43. The van der Waals surface area contributed by atoms with E-state index in [1.54, 1.807) is 113 Å². The number of phenols is 3. The molecule has 18 rings (SSSR count). The maximum Gasteiger partial charge on any atom is 0.492 e. The molecule has 11 aromatic heterocycles. The van der Waals surface area contributed by atoms with Crippen LogP contribution < -0.4 is 15.7 Å². The molecule has 0 spiro atoms. The van der Waals surface area contributed by atoms with Gasteiger partial charge in [0.1, 0.15) is 5.65 Å². The third kappa shape index (κ3) is 19.6. The standard InChI is InChI=1S/C24H17FN2O3S2.C20H14BrFN2O3S.C18H13FN2OS.C14H10BrIN2O2S.C6H6BFO3.C4H5BO2S/c1-15-5-7-18(8-6-15)32(29,30)27-13-21(19-3-2-4-22(25)23(19)28)20-11-17(12-26-24(20)27)16-9-10-31-14-16;1-12-5-7-14(8-6-12)28(26,27)24-11-17(15-3-2-4-18(22)19(15)25)16-9-13(21)10-23-20(16)24;1-22-17-13(3-2-4-16(17)19)15-9-21-18-14(15)7-12(8-20-18)11-5-6-23-10-11;1-9-2-4-11(5-3-9)21(19,20)18-8-13(16)12-6-10(15)7-17-14(12)18;8-5-3-1-2-4(6(5)9)7(10)11;6-5(7)4-1-2-8-3-4/h2-14,28H,1H3;2-11,25H,1H3;2-10H,1H3,(H,20,21);2-8H,1H3;1-3,9-11H;1-3,6-7H. The topological polar surface area (TPSA) is 335 Å². The molecule has 8 N–H and O–H groups in total. The fourth-order valence-electron chi connectivity index (χ4n) is 12.6. The minimum absolute atomic E-state index is 0.106. The van der Waals surface area contributed by atoms with Gasteiger partial charge in [0.25, 0.3) is 30.1 Å². The molecule has 123 heavy (non-hydrogen) atoms. The number of hydrogen-bond donors (Lipinski definition) is 8. The van der Waals surface area contributed by atoms with Gasteiger partial charge < -0.3 is 45.1 Å². The number of methoxy groups -OCH3 is 1. The minimum Gasteiger partial charge on any atom is -0.505 e. The zero-order chi connectivity index (χ0) is 87.9. The smallest absolute Gasteiger partial charge is 0.492 e. The van der Waals surface area contributed by atoms with E-state index in [0.29, 0.717) is 43.0 Å². The lowest BCUT2D eigenvalue weighted by atomic mass is 9.79. The lowest BCUT2D eigenvalue weighted by molar-refractivity contribution is 0.388. The highest BCUT2D eigenvalue weighted by molar-refractivity contribution is 14.1. The third-order valence-electron chi connectivity index (χ3n) is 18.8. The number of pyridine rings is 4. The van der Waals surface area contributed by atoms with Gasteiger partial charge in [0.2, 0.25) is 0 Å². The van der Waals surface area contributed by atoms with Crippen LogP contribution in [0.5, 0.6) is 23.0 Å². The first-order valence-electron chi connectivity index (χ1n) is 36.2. The molecular weight excluding hydrogens is 1950 g/mol. The molecule has 22 nitrogen and oxygen atoms in total. The van der Waals surface area contributed by atoms with Crippen molar-refractivity contribution in [2.45, 2.75) is 35.5 Å². The molecule has 0 unspecified atom stereocenters. The Morgan fingerprint density at radius 2 is 0.821 bits per heavy atom. The van der Waals surface area contributed by atoms with Gasteiger partial charge in [0.05, 0.1) is 21.8 Å². The van der Waals surface area contributed by atoms with Gasteiger partial charge in [-0.05, 0) is 221 Å². The summed E-state index contributed by atoms with van der Waals surface area (Å²) in [5.74, 6) is -4.38. The lowest BCUT2D eigenvalue weighted by Crippen LogP contribution is -2.30. The molecule has 0 atom stereocenters. The highest BCUT2D eigenvalue weighted by atomic mass is 127. The van der Waals surface area contributed by atoms with Gasteiger partial charge in [-0.3, -0.25) is 0 Å². The predicted molar refractivity (Wildman–Crippen MR) is 489 cm³/mol. The van der Waals surface area contributed by atoms with Crippen LogP contribution in [0.15, 0.2) is 294 Å². The molecule has 0 bridgehead atoms. The Bertz CT molecular complexity index is 7250. The number of H-pyrrole nitrogens is 1. The summed E-state index contributed by atoms with van der Waals surface area (Å²) >= 11 is 13.4. The molecule has 0 amide bonds. The number of benzene rings is 7. The number of halogens is 7. The maximum atomic E-state index is 14.1. The number of aromatic amines is 1. The van der Waals surface area contributed by atoms with Crippen LogP contribution >= 0.6 is 88.5 Å². The normalized spacial score (nSPS) is 11.3. The summed E-state index contributed by atoms with van der Waals surface area (Å²) in [5.41, 5.74) is 11.4. The van der Waals surface area contributed by atoms with Crippen molar-refractivity contribution >= 4 is 188 Å². The van der Waals surface area contributed by atoms with Crippen LogP contribution in [0.2, 0.25) is 0 Å². The molecule has 624 valence electrons. The summed E-state index contributed by atoms with van der Waals surface area (Å²) < 4.78 is 144. The van der Waals surface area contributed by atoms with Crippen LogP contribution in [-0.4, -0.2) is 119 Å². The molecule has 0 saturated carbocycles. The molecule has 0 saturated heterocycles. The number of ether oxygens (including phenoxy) is 1. The van der Waals surface area contributed by atoms with E-state index in [1.165, 1.54) is 113 Å². The van der Waals surface area contributed by atoms with Crippen molar-refractivity contribution < 1.29 is 83.0 Å². The molecule has 0 radical (unpaired) electrons. The Balaban J connectivity index is 0.000000133. The Hall–Kier alpha value is -11.2. The summed E-state index contributed by atoms with van der Waals surface area (Å²) in [6, 6.07) is 49.6. The van der Waals surface area contributed by atoms with Crippen molar-refractivity contribution in [2.75, 3.05) is 7.11 Å². The van der Waals surface area contributed by atoms with Crippen molar-refractivity contribution in [2.24, 2.45) is 0 Å². The van der Waals surface area contributed by atoms with E-state index >= 15 is 0 Å². The van der Waals surface area contributed by atoms with Crippen molar-refractivity contribution in [3.63, 3.8) is 0 Å². The van der Waals surface area contributed by atoms with E-state index in [2.05, 4.69) is 96.9 Å². The Morgan fingerprint density at radius 3 is 1.25 bits per heavy atom. The average Bonchev–Trinajstić information content (AvgIpc) is 1.60. The maximum absolute atomic E-state index is 14.1. The molecule has 0 fully saturated rings. The first-order valence-corrected chi connectivity index (χ1v) is 46.1. The van der Waals surface area contributed by atoms with Gasteiger partial charge in [-0.25, -0.2) is 74.7 Å². The third-order valence-corrected chi connectivity index (χ3v) is 27.6. The van der Waals surface area contributed by atoms with Gasteiger partial charge >= 0.3 is 14.2 Å². The second-order valence-electron chi connectivity index (χ2n) is 27.0. The van der Waals surface area contributed by atoms with Crippen molar-refractivity contribution in [1.82, 2.24) is 36.8 Å². The van der Waals surface area contributed by atoms with Crippen LogP contribution in [0.4, 0.5) is 17.6 Å². The van der Waals surface area contributed by atoms with Crippen molar-refractivity contribution in [3.8, 4) is 78.6 Å². The van der Waals surface area contributed by atoms with Gasteiger partial charge in [-0.2, -0.15) is 34.0 Å². The predicted octanol–water partition coefficient (Wildman–Crippen LogP) is 18.4. The number of nitrogens with one attached hydrogen (secondary N) is 1. The monoisotopic (exact) mass is 2010 g/mol. The molecule has 7 aromatic carbocycles. The van der Waals surface area contributed by atoms with Gasteiger partial charge in [-0.15, -0.1) is 0 Å². The number of rotatable bonds is 14. The quantitative estimate of drug-likeness (QED) is 0.0285. The summed E-state index contributed by atoms with van der Waals surface area (Å²) in [6.45, 7) is 5.66. The van der Waals surface area contributed by atoms with Crippen LogP contribution in [0.25, 0.3) is 99.8 Å². The number of aromatic hydroxyl groups is 3. The number of nitrogens with zero attached hydrogens (tertiary/aromatic N) is 7. The molecular formula is C86H65B2Br2F4IN8O14S6. The van der Waals surface area contributed by atoms with Crippen molar-refractivity contribution in [1.29, 1.82) is 0 Å². The molecule has 0 aliphatic carbocycles. The zero-order valence-electron chi connectivity index (χ0n) is 64.3. The highest BCUT2D eigenvalue weighted by Gasteiger charge is 2.29. The van der Waals surface area contributed by atoms with Crippen LogP contribution in [0.1, 0.15) is 16.7 Å². The van der Waals surface area contributed by atoms with Gasteiger partial charge in [-0.1, -0.05) is 108 Å². The Kier molecular flexibility index (Phi) is 27.9. The summed E-state index contributed by atoms with van der Waals surface area (Å²) in [5, 5.41) is 77.7. The number of aryl methyl sites for hydroxylation is 3. The fourth-order valence-corrected chi connectivity index (χ4v) is 20.1. The molecule has 37 heteroatoms. The van der Waals surface area contributed by atoms with E-state index in [9.17, 15) is 53.0 Å². The number of phenolic OH excluding ortho intramolecular Hbond substituents is 3. The molecule has 0 aliphatic rings. The Morgan fingerprint density at radius 1 is 0.423 bits per heavy atom. The number of aromatic nitrogens is 8. The van der Waals surface area contributed by atoms with E-state index < -0.39 is 79.0 Å².